The molecule has 0 aliphatic carbocycles. The van der Waals surface area contributed by atoms with E-state index >= 15 is 0 Å². The molecule has 0 amide bonds. The average molecular weight is 328 g/mol. The van der Waals surface area contributed by atoms with Crippen LogP contribution >= 0.6 is 12.2 Å². The Morgan fingerprint density at radius 3 is 2.48 bits per heavy atom. The zero-order chi connectivity index (χ0) is 15.6. The first kappa shape index (κ1) is 16.2. The van der Waals surface area contributed by atoms with Gasteiger partial charge in [0.25, 0.3) is 0 Å². The molecular formula is C14H20N2O3S2. The molecule has 0 bridgehead atoms. The molecule has 1 saturated heterocycles. The van der Waals surface area contributed by atoms with Crippen LogP contribution in [0.4, 0.5) is 5.69 Å². The van der Waals surface area contributed by atoms with Gasteiger partial charge in [0.05, 0.1) is 23.7 Å². The maximum atomic E-state index is 11.6. The van der Waals surface area contributed by atoms with E-state index in [9.17, 15) is 13.5 Å². The minimum atomic E-state index is -3.19. The third-order valence-electron chi connectivity index (χ3n) is 3.60. The number of benzene rings is 1. The lowest BCUT2D eigenvalue weighted by atomic mass is 10.2. The Kier molecular flexibility index (Phi) is 4.85. The van der Waals surface area contributed by atoms with Gasteiger partial charge in [0.15, 0.2) is 14.9 Å². The second-order valence-electron chi connectivity index (χ2n) is 5.29. The van der Waals surface area contributed by atoms with Gasteiger partial charge in [-0.2, -0.15) is 0 Å². The minimum absolute atomic E-state index is 0.0578. The van der Waals surface area contributed by atoms with Crippen LogP contribution in [0.25, 0.3) is 0 Å². The van der Waals surface area contributed by atoms with E-state index in [0.29, 0.717) is 11.7 Å². The van der Waals surface area contributed by atoms with E-state index in [2.05, 4.69) is 5.32 Å². The summed E-state index contributed by atoms with van der Waals surface area (Å²) >= 11 is 5.36. The fourth-order valence-corrected chi connectivity index (χ4v) is 4.65. The van der Waals surface area contributed by atoms with Gasteiger partial charge in [-0.15, -0.1) is 0 Å². The SMILES string of the molecule is CCN(C(=S)Nc1ccc(C)cc1)[C@@H]1CS(=O)(=O)C[C@H]1O. The lowest BCUT2D eigenvalue weighted by Crippen LogP contribution is -2.48. The van der Waals surface area contributed by atoms with E-state index in [1.54, 1.807) is 4.90 Å². The number of aryl methyl sites for hydroxylation is 1. The summed E-state index contributed by atoms with van der Waals surface area (Å²) in [6, 6.07) is 7.28. The molecule has 116 valence electrons. The van der Waals surface area contributed by atoms with E-state index in [1.165, 1.54) is 0 Å². The van der Waals surface area contributed by atoms with Gasteiger partial charge in [0.1, 0.15) is 0 Å². The largest absolute Gasteiger partial charge is 0.390 e. The van der Waals surface area contributed by atoms with Gasteiger partial charge < -0.3 is 15.3 Å². The fraction of sp³-hybridized carbons (Fsp3) is 0.500. The van der Waals surface area contributed by atoms with Crippen molar-refractivity contribution < 1.29 is 13.5 Å². The highest BCUT2D eigenvalue weighted by molar-refractivity contribution is 7.91. The summed E-state index contributed by atoms with van der Waals surface area (Å²) in [7, 11) is -3.19. The van der Waals surface area contributed by atoms with Crippen LogP contribution in [0.15, 0.2) is 24.3 Å². The van der Waals surface area contributed by atoms with Crippen molar-refractivity contribution in [2.75, 3.05) is 23.4 Å². The minimum Gasteiger partial charge on any atom is -0.390 e. The Bertz CT molecular complexity index is 614. The summed E-state index contributed by atoms with van der Waals surface area (Å²) in [5, 5.41) is 13.5. The molecule has 7 heteroatoms. The first-order valence-electron chi connectivity index (χ1n) is 6.85. The quantitative estimate of drug-likeness (QED) is 0.812. The molecule has 1 aliphatic rings. The molecule has 1 heterocycles. The molecule has 0 saturated carbocycles. The number of aliphatic hydroxyl groups excluding tert-OH is 1. The number of anilines is 1. The van der Waals surface area contributed by atoms with Gasteiger partial charge in [-0.1, -0.05) is 17.7 Å². The lowest BCUT2D eigenvalue weighted by molar-refractivity contribution is 0.126. The van der Waals surface area contributed by atoms with Crippen molar-refractivity contribution in [3.05, 3.63) is 29.8 Å². The van der Waals surface area contributed by atoms with Crippen molar-refractivity contribution in [3.63, 3.8) is 0 Å². The summed E-state index contributed by atoms with van der Waals surface area (Å²) in [6.45, 7) is 4.43. The summed E-state index contributed by atoms with van der Waals surface area (Å²) in [5.74, 6) is -0.251. The molecule has 2 N–H and O–H groups in total. The molecule has 5 nitrogen and oxygen atoms in total. The van der Waals surface area contributed by atoms with E-state index < -0.39 is 22.0 Å². The maximum absolute atomic E-state index is 11.6. The monoisotopic (exact) mass is 328 g/mol. The van der Waals surface area contributed by atoms with Gasteiger partial charge in [-0.3, -0.25) is 0 Å². The second kappa shape index (κ2) is 6.29. The Morgan fingerprint density at radius 2 is 2.00 bits per heavy atom. The predicted octanol–water partition coefficient (Wildman–Crippen LogP) is 1.17. The van der Waals surface area contributed by atoms with E-state index in [1.807, 2.05) is 38.1 Å². The zero-order valence-corrected chi connectivity index (χ0v) is 13.7. The summed E-state index contributed by atoms with van der Waals surface area (Å²) in [6.07, 6.45) is -0.896. The van der Waals surface area contributed by atoms with Crippen LogP contribution in [-0.2, 0) is 9.84 Å². The lowest BCUT2D eigenvalue weighted by Gasteiger charge is -2.31. The third-order valence-corrected chi connectivity index (χ3v) is 5.63. The van der Waals surface area contributed by atoms with Crippen LogP contribution in [0.5, 0.6) is 0 Å². The number of nitrogens with zero attached hydrogens (tertiary/aromatic N) is 1. The van der Waals surface area contributed by atoms with Crippen molar-refractivity contribution in [2.45, 2.75) is 26.0 Å². The van der Waals surface area contributed by atoms with E-state index in [-0.39, 0.29) is 11.5 Å². The Labute approximate surface area is 130 Å². The molecule has 21 heavy (non-hydrogen) atoms. The highest BCUT2D eigenvalue weighted by Crippen LogP contribution is 2.20. The Balaban J connectivity index is 2.10. The highest BCUT2D eigenvalue weighted by Gasteiger charge is 2.40. The molecule has 2 atom stereocenters. The molecule has 1 fully saturated rings. The van der Waals surface area contributed by atoms with Crippen LogP contribution in [0.3, 0.4) is 0 Å². The summed E-state index contributed by atoms with van der Waals surface area (Å²) in [4.78, 5) is 1.74. The Morgan fingerprint density at radius 1 is 1.38 bits per heavy atom. The molecule has 1 aromatic carbocycles. The van der Waals surface area contributed by atoms with Gasteiger partial charge in [-0.25, -0.2) is 8.42 Å². The number of hydrogen-bond donors (Lipinski definition) is 2. The number of nitrogens with one attached hydrogen (secondary N) is 1. The van der Waals surface area contributed by atoms with E-state index in [4.69, 9.17) is 12.2 Å². The van der Waals surface area contributed by atoms with Crippen molar-refractivity contribution in [1.29, 1.82) is 0 Å². The van der Waals surface area contributed by atoms with Crippen molar-refractivity contribution >= 4 is 32.9 Å². The normalized spacial score (nSPS) is 23.8. The molecule has 0 radical (unpaired) electrons. The van der Waals surface area contributed by atoms with Gasteiger partial charge in [-0.05, 0) is 38.2 Å². The molecule has 1 aliphatic heterocycles. The molecule has 1 aromatic rings. The number of rotatable bonds is 3. The first-order chi connectivity index (χ1) is 9.82. The highest BCUT2D eigenvalue weighted by atomic mass is 32.2. The average Bonchev–Trinajstić information content (AvgIpc) is 2.67. The maximum Gasteiger partial charge on any atom is 0.173 e. The van der Waals surface area contributed by atoms with Crippen molar-refractivity contribution in [2.24, 2.45) is 0 Å². The standard InChI is InChI=1S/C14H20N2O3S2/c1-3-16(12-8-21(18,19)9-13(12)17)14(20)15-11-6-4-10(2)5-7-11/h4-7,12-13,17H,3,8-9H2,1-2H3,(H,15,20)/t12-,13-/m1/s1. The topological polar surface area (TPSA) is 69.6 Å². The molecule has 2 rings (SSSR count). The predicted molar refractivity (Wildman–Crippen MR) is 88.2 cm³/mol. The van der Waals surface area contributed by atoms with Crippen LogP contribution in [0.2, 0.25) is 0 Å². The van der Waals surface area contributed by atoms with Gasteiger partial charge in [0, 0.05) is 12.2 Å². The number of thiocarbonyl (C=S) groups is 1. The molecule has 0 aromatic heterocycles. The van der Waals surface area contributed by atoms with Crippen LogP contribution in [0, 0.1) is 6.92 Å². The van der Waals surface area contributed by atoms with Crippen LogP contribution in [0.1, 0.15) is 12.5 Å². The van der Waals surface area contributed by atoms with Crippen LogP contribution in [-0.4, -0.2) is 53.7 Å². The Hall–Kier alpha value is -1.18. The van der Waals surface area contributed by atoms with E-state index in [0.717, 1.165) is 11.3 Å². The molecular weight excluding hydrogens is 308 g/mol. The van der Waals surface area contributed by atoms with Gasteiger partial charge in [0.2, 0.25) is 0 Å². The number of aliphatic hydroxyl groups is 1. The van der Waals surface area contributed by atoms with Crippen molar-refractivity contribution in [3.8, 4) is 0 Å². The molecule has 0 unspecified atom stereocenters. The first-order valence-corrected chi connectivity index (χ1v) is 9.08. The molecule has 0 spiro atoms. The fourth-order valence-electron chi connectivity index (χ4n) is 2.47. The van der Waals surface area contributed by atoms with Crippen molar-refractivity contribution in [1.82, 2.24) is 4.90 Å². The number of hydrogen-bond acceptors (Lipinski definition) is 4. The van der Waals surface area contributed by atoms with Crippen LogP contribution < -0.4 is 5.32 Å². The zero-order valence-electron chi connectivity index (χ0n) is 12.1. The van der Waals surface area contributed by atoms with Gasteiger partial charge >= 0.3 is 0 Å². The smallest absolute Gasteiger partial charge is 0.173 e. The summed E-state index contributed by atoms with van der Waals surface area (Å²) < 4.78 is 23.3. The number of sulfone groups is 1. The number of likely N-dealkylation sites (N-methyl/N-ethyl adjacent to an activating group) is 1. The third kappa shape index (κ3) is 3.93. The summed E-state index contributed by atoms with van der Waals surface area (Å²) in [5.41, 5.74) is 2.00. The second-order valence-corrected chi connectivity index (χ2v) is 7.83.